The smallest absolute Gasteiger partial charge is 0.352 e. The van der Waals surface area contributed by atoms with Gasteiger partial charge in [-0.1, -0.05) is 0 Å². The number of hydrogen-bond donors (Lipinski definition) is 2. The van der Waals surface area contributed by atoms with Crippen LogP contribution in [0.1, 0.15) is 10.4 Å². The molecule has 0 unspecified atom stereocenters. The molecule has 0 aliphatic carbocycles. The highest BCUT2D eigenvalue weighted by Gasteiger charge is 2.29. The summed E-state index contributed by atoms with van der Waals surface area (Å²) in [6, 6.07) is 5.42. The number of rotatable bonds is 4. The van der Waals surface area contributed by atoms with Crippen molar-refractivity contribution >= 4 is 17.7 Å². The van der Waals surface area contributed by atoms with Gasteiger partial charge < -0.3 is 10.6 Å². The molecule has 1 amide bonds. The van der Waals surface area contributed by atoms with Gasteiger partial charge in [0.05, 0.1) is 0 Å². The highest BCUT2D eigenvalue weighted by Crippen LogP contribution is 2.36. The molecule has 1 aliphatic heterocycles. The van der Waals surface area contributed by atoms with E-state index in [9.17, 15) is 18.0 Å². The fourth-order valence-corrected chi connectivity index (χ4v) is 2.18. The van der Waals surface area contributed by atoms with Gasteiger partial charge in [-0.15, -0.1) is 0 Å². The molecular formula is C12H13F3N2OS. The van der Waals surface area contributed by atoms with Gasteiger partial charge in [-0.3, -0.25) is 4.79 Å². The number of benzene rings is 1. The molecule has 3 nitrogen and oxygen atoms in total. The highest BCUT2D eigenvalue weighted by atomic mass is 32.2. The Morgan fingerprint density at radius 1 is 1.32 bits per heavy atom. The van der Waals surface area contributed by atoms with Crippen LogP contribution in [0.2, 0.25) is 0 Å². The molecule has 1 heterocycles. The molecule has 0 bridgehead atoms. The lowest BCUT2D eigenvalue weighted by Gasteiger charge is -2.27. The van der Waals surface area contributed by atoms with Crippen LogP contribution in [-0.2, 0) is 0 Å². The normalized spacial score (nSPS) is 15.9. The first-order valence-corrected chi connectivity index (χ1v) is 6.60. The van der Waals surface area contributed by atoms with Crippen LogP contribution in [0.5, 0.6) is 0 Å². The molecule has 0 spiro atoms. The second kappa shape index (κ2) is 5.83. The first kappa shape index (κ1) is 14.2. The van der Waals surface area contributed by atoms with Crippen LogP contribution < -0.4 is 10.6 Å². The predicted molar refractivity (Wildman–Crippen MR) is 67.0 cm³/mol. The molecule has 7 heteroatoms. The zero-order valence-corrected chi connectivity index (χ0v) is 10.8. The number of amides is 1. The number of carbonyl (C=O) groups excluding carboxylic acids is 1. The fourth-order valence-electron chi connectivity index (χ4n) is 1.64. The Hall–Kier alpha value is -1.21. The summed E-state index contributed by atoms with van der Waals surface area (Å²) in [7, 11) is 0. The first-order chi connectivity index (χ1) is 8.94. The third-order valence-corrected chi connectivity index (χ3v) is 3.51. The second-order valence-corrected chi connectivity index (χ2v) is 5.44. The quantitative estimate of drug-likeness (QED) is 0.836. The van der Waals surface area contributed by atoms with Gasteiger partial charge in [0.15, 0.2) is 0 Å². The monoisotopic (exact) mass is 290 g/mol. The molecule has 0 atom stereocenters. The Labute approximate surface area is 112 Å². The summed E-state index contributed by atoms with van der Waals surface area (Å²) in [6.07, 6.45) is 0. The van der Waals surface area contributed by atoms with Crippen molar-refractivity contribution in [3.8, 4) is 0 Å². The van der Waals surface area contributed by atoms with Gasteiger partial charge in [-0.05, 0) is 36.0 Å². The van der Waals surface area contributed by atoms with E-state index in [1.54, 1.807) is 0 Å². The van der Waals surface area contributed by atoms with Crippen LogP contribution in [-0.4, -0.2) is 31.0 Å². The van der Waals surface area contributed by atoms with Crippen molar-refractivity contribution in [3.05, 3.63) is 29.8 Å². The third kappa shape index (κ3) is 4.43. The minimum Gasteiger partial charge on any atom is -0.352 e. The van der Waals surface area contributed by atoms with Gasteiger partial charge in [0.25, 0.3) is 5.91 Å². The summed E-state index contributed by atoms with van der Waals surface area (Å²) in [4.78, 5) is 11.8. The van der Waals surface area contributed by atoms with E-state index >= 15 is 0 Å². The van der Waals surface area contributed by atoms with E-state index < -0.39 is 5.51 Å². The Balaban J connectivity index is 1.87. The minimum absolute atomic E-state index is 0.0762. The highest BCUT2D eigenvalue weighted by molar-refractivity contribution is 8.00. The molecule has 1 fully saturated rings. The summed E-state index contributed by atoms with van der Waals surface area (Å²) in [5, 5.41) is 5.85. The van der Waals surface area contributed by atoms with E-state index in [0.717, 1.165) is 13.1 Å². The zero-order valence-electron chi connectivity index (χ0n) is 9.96. The van der Waals surface area contributed by atoms with Crippen LogP contribution >= 0.6 is 11.8 Å². The summed E-state index contributed by atoms with van der Waals surface area (Å²) >= 11 is -0.188. The molecule has 0 aromatic heterocycles. The van der Waals surface area contributed by atoms with E-state index in [4.69, 9.17) is 0 Å². The lowest BCUT2D eigenvalue weighted by molar-refractivity contribution is -0.0328. The molecule has 19 heavy (non-hydrogen) atoms. The average molecular weight is 290 g/mol. The van der Waals surface area contributed by atoms with Crippen LogP contribution in [0.15, 0.2) is 29.2 Å². The molecule has 1 aromatic rings. The summed E-state index contributed by atoms with van der Waals surface area (Å²) in [5.74, 6) is 0.194. The molecular weight excluding hydrogens is 277 g/mol. The number of nitrogens with one attached hydrogen (secondary N) is 2. The summed E-state index contributed by atoms with van der Waals surface area (Å²) in [5.41, 5.74) is -3.93. The van der Waals surface area contributed by atoms with Gasteiger partial charge >= 0.3 is 5.51 Å². The van der Waals surface area contributed by atoms with Crippen molar-refractivity contribution in [3.63, 3.8) is 0 Å². The van der Waals surface area contributed by atoms with Gasteiger partial charge in [-0.25, -0.2) is 0 Å². The van der Waals surface area contributed by atoms with Crippen molar-refractivity contribution in [1.82, 2.24) is 10.6 Å². The minimum atomic E-state index is -4.30. The summed E-state index contributed by atoms with van der Waals surface area (Å²) < 4.78 is 36.4. The van der Waals surface area contributed by atoms with E-state index in [2.05, 4.69) is 10.6 Å². The van der Waals surface area contributed by atoms with Gasteiger partial charge in [-0.2, -0.15) is 13.2 Å². The fraction of sp³-hybridized carbons (Fsp3) is 0.417. The van der Waals surface area contributed by atoms with Gasteiger partial charge in [0.1, 0.15) is 0 Å². The number of halogens is 3. The maximum Gasteiger partial charge on any atom is 0.446 e. The molecule has 1 aliphatic rings. The van der Waals surface area contributed by atoms with E-state index in [1.165, 1.54) is 24.3 Å². The zero-order chi connectivity index (χ0) is 13.9. The Morgan fingerprint density at radius 2 is 1.95 bits per heavy atom. The van der Waals surface area contributed by atoms with Gasteiger partial charge in [0, 0.05) is 36.0 Å². The SMILES string of the molecule is O=C(NCC1CNC1)c1ccc(SC(F)(F)F)cc1. The number of carbonyl (C=O) groups is 1. The maximum atomic E-state index is 12.1. The Bertz CT molecular complexity index is 443. The maximum absolute atomic E-state index is 12.1. The molecule has 2 rings (SSSR count). The third-order valence-electron chi connectivity index (χ3n) is 2.77. The van der Waals surface area contributed by atoms with Crippen molar-refractivity contribution in [1.29, 1.82) is 0 Å². The second-order valence-electron chi connectivity index (χ2n) is 4.31. The van der Waals surface area contributed by atoms with Gasteiger partial charge in [0.2, 0.25) is 0 Å². The van der Waals surface area contributed by atoms with Crippen LogP contribution in [0.4, 0.5) is 13.2 Å². The number of thioether (sulfide) groups is 1. The average Bonchev–Trinajstić information content (AvgIpc) is 2.25. The number of hydrogen-bond acceptors (Lipinski definition) is 3. The molecule has 104 valence electrons. The topological polar surface area (TPSA) is 41.1 Å². The summed E-state index contributed by atoms with van der Waals surface area (Å²) in [6.45, 7) is 2.37. The van der Waals surface area contributed by atoms with Crippen molar-refractivity contribution < 1.29 is 18.0 Å². The molecule has 2 N–H and O–H groups in total. The lowest BCUT2D eigenvalue weighted by atomic mass is 10.0. The Morgan fingerprint density at radius 3 is 2.42 bits per heavy atom. The van der Waals surface area contributed by atoms with Crippen molar-refractivity contribution in [2.24, 2.45) is 5.92 Å². The standard InChI is InChI=1S/C12H13F3N2OS/c13-12(14,15)19-10-3-1-9(2-4-10)11(18)17-7-8-5-16-6-8/h1-4,8,16H,5-7H2,(H,17,18). The van der Waals surface area contributed by atoms with Crippen LogP contribution in [0, 0.1) is 5.92 Å². The van der Waals surface area contributed by atoms with E-state index in [1.807, 2.05) is 0 Å². The first-order valence-electron chi connectivity index (χ1n) is 5.79. The van der Waals surface area contributed by atoms with Crippen molar-refractivity contribution in [2.75, 3.05) is 19.6 Å². The van der Waals surface area contributed by atoms with E-state index in [0.29, 0.717) is 18.0 Å². The van der Waals surface area contributed by atoms with Crippen LogP contribution in [0.3, 0.4) is 0 Å². The Kier molecular flexibility index (Phi) is 4.36. The van der Waals surface area contributed by atoms with E-state index in [-0.39, 0.29) is 22.6 Å². The van der Waals surface area contributed by atoms with Crippen LogP contribution in [0.25, 0.3) is 0 Å². The lowest BCUT2D eigenvalue weighted by Crippen LogP contribution is -2.48. The molecule has 1 saturated heterocycles. The van der Waals surface area contributed by atoms with Crippen molar-refractivity contribution in [2.45, 2.75) is 10.4 Å². The largest absolute Gasteiger partial charge is 0.446 e. The molecule has 0 saturated carbocycles. The number of alkyl halides is 3. The molecule has 1 aromatic carbocycles. The predicted octanol–water partition coefficient (Wildman–Crippen LogP) is 2.25. The molecule has 0 radical (unpaired) electrons.